The molecule has 0 spiro atoms. The number of rotatable bonds is 6. The minimum absolute atomic E-state index is 0.0560. The maximum absolute atomic E-state index is 15.0. The van der Waals surface area contributed by atoms with Gasteiger partial charge in [-0.25, -0.2) is 4.39 Å². The summed E-state index contributed by atoms with van der Waals surface area (Å²) in [7, 11) is 0. The van der Waals surface area contributed by atoms with E-state index in [1.54, 1.807) is 36.4 Å². The van der Waals surface area contributed by atoms with E-state index in [0.29, 0.717) is 17.9 Å². The van der Waals surface area contributed by atoms with Crippen molar-refractivity contribution in [2.45, 2.75) is 70.9 Å². The van der Waals surface area contributed by atoms with Crippen molar-refractivity contribution in [3.63, 3.8) is 0 Å². The minimum atomic E-state index is -0.960. The first-order valence-corrected chi connectivity index (χ1v) is 12.2. The van der Waals surface area contributed by atoms with Gasteiger partial charge >= 0.3 is 0 Å². The number of aliphatic hydroxyl groups excluding tert-OH is 1. The number of amides is 1. The van der Waals surface area contributed by atoms with Crippen molar-refractivity contribution in [3.8, 4) is 5.75 Å². The highest BCUT2D eigenvalue weighted by molar-refractivity contribution is 6.46. The Kier molecular flexibility index (Phi) is 7.05. The number of ether oxygens (including phenoxy) is 1. The van der Waals surface area contributed by atoms with Crippen molar-refractivity contribution in [3.05, 3.63) is 70.5 Å². The van der Waals surface area contributed by atoms with Crippen LogP contribution in [0.1, 0.15) is 81.5 Å². The van der Waals surface area contributed by atoms with Gasteiger partial charge in [0.15, 0.2) is 0 Å². The Morgan fingerprint density at radius 1 is 1.12 bits per heavy atom. The molecule has 1 saturated carbocycles. The summed E-state index contributed by atoms with van der Waals surface area (Å²) in [6, 6.07) is 10.3. The van der Waals surface area contributed by atoms with E-state index in [2.05, 4.69) is 0 Å². The number of halogens is 1. The van der Waals surface area contributed by atoms with Gasteiger partial charge in [0.2, 0.25) is 0 Å². The maximum atomic E-state index is 15.0. The predicted octanol–water partition coefficient (Wildman–Crippen LogP) is 6.10. The molecule has 1 N–H and O–H groups in total. The molecule has 1 aliphatic carbocycles. The van der Waals surface area contributed by atoms with Gasteiger partial charge in [-0.05, 0) is 55.5 Å². The third-order valence-electron chi connectivity index (χ3n) is 6.85. The molecular weight excluding hydrogens is 433 g/mol. The van der Waals surface area contributed by atoms with Crippen molar-refractivity contribution in [2.24, 2.45) is 0 Å². The lowest BCUT2D eigenvalue weighted by Gasteiger charge is -2.35. The molecule has 2 aliphatic rings. The van der Waals surface area contributed by atoms with Crippen LogP contribution in [0.4, 0.5) is 4.39 Å². The standard InChI is InChI=1S/C28H32FNO4/c1-4-34-23-15-14-18(16-21(23)17(2)3)26(31)24-25(20-12-8-9-13-22(20)29)30(28(33)27(24)32)19-10-6-5-7-11-19/h8-9,12-17,19,25,31H,4-7,10-11H2,1-3H3/b26-24+. The number of likely N-dealkylation sites (tertiary alicyclic amines) is 1. The van der Waals surface area contributed by atoms with Crippen LogP contribution in [-0.4, -0.2) is 34.3 Å². The summed E-state index contributed by atoms with van der Waals surface area (Å²) in [5.74, 6) is -1.40. The predicted molar refractivity (Wildman–Crippen MR) is 129 cm³/mol. The van der Waals surface area contributed by atoms with E-state index in [0.717, 1.165) is 37.7 Å². The lowest BCUT2D eigenvalue weighted by Crippen LogP contribution is -2.40. The van der Waals surface area contributed by atoms with E-state index < -0.39 is 23.5 Å². The number of carbonyl (C=O) groups is 2. The Hall–Kier alpha value is -3.15. The van der Waals surface area contributed by atoms with Gasteiger partial charge in [-0.3, -0.25) is 9.59 Å². The molecule has 180 valence electrons. The monoisotopic (exact) mass is 465 g/mol. The summed E-state index contributed by atoms with van der Waals surface area (Å²) in [6.07, 6.45) is 4.51. The molecule has 5 nitrogen and oxygen atoms in total. The van der Waals surface area contributed by atoms with Crippen molar-refractivity contribution in [1.82, 2.24) is 4.90 Å². The highest BCUT2D eigenvalue weighted by Crippen LogP contribution is 2.44. The van der Waals surface area contributed by atoms with E-state index in [1.807, 2.05) is 20.8 Å². The van der Waals surface area contributed by atoms with E-state index in [4.69, 9.17) is 4.74 Å². The van der Waals surface area contributed by atoms with Crippen molar-refractivity contribution >= 4 is 17.4 Å². The zero-order chi connectivity index (χ0) is 24.4. The molecule has 1 unspecified atom stereocenters. The number of benzene rings is 2. The van der Waals surface area contributed by atoms with E-state index in [9.17, 15) is 14.7 Å². The van der Waals surface area contributed by atoms with Gasteiger partial charge in [-0.2, -0.15) is 0 Å². The van der Waals surface area contributed by atoms with Gasteiger partial charge in [0.25, 0.3) is 11.7 Å². The number of hydrogen-bond donors (Lipinski definition) is 1. The molecular formula is C28H32FNO4. The fourth-order valence-corrected chi connectivity index (χ4v) is 5.18. The van der Waals surface area contributed by atoms with Crippen LogP contribution in [0.2, 0.25) is 0 Å². The van der Waals surface area contributed by atoms with Crippen LogP contribution in [0.5, 0.6) is 5.75 Å². The van der Waals surface area contributed by atoms with E-state index >= 15 is 4.39 Å². The molecule has 0 aromatic heterocycles. The van der Waals surface area contributed by atoms with Crippen LogP contribution >= 0.6 is 0 Å². The summed E-state index contributed by atoms with van der Waals surface area (Å²) in [4.78, 5) is 28.1. The highest BCUT2D eigenvalue weighted by Gasteiger charge is 2.49. The Labute approximate surface area is 200 Å². The SMILES string of the molecule is CCOc1ccc(/C(O)=C2\C(=O)C(=O)N(C3CCCCC3)C2c2ccccc2F)cc1C(C)C. The quantitative estimate of drug-likeness (QED) is 0.318. The number of ketones is 1. The highest BCUT2D eigenvalue weighted by atomic mass is 19.1. The summed E-state index contributed by atoms with van der Waals surface area (Å²) < 4.78 is 20.7. The zero-order valence-electron chi connectivity index (χ0n) is 20.0. The van der Waals surface area contributed by atoms with Gasteiger partial charge in [0.05, 0.1) is 18.2 Å². The molecule has 1 atom stereocenters. The van der Waals surface area contributed by atoms with E-state index in [1.165, 1.54) is 11.0 Å². The average Bonchev–Trinajstić information content (AvgIpc) is 3.10. The van der Waals surface area contributed by atoms with Crippen LogP contribution in [0.15, 0.2) is 48.0 Å². The second kappa shape index (κ2) is 10.00. The Bertz CT molecular complexity index is 1120. The third-order valence-corrected chi connectivity index (χ3v) is 6.85. The van der Waals surface area contributed by atoms with Gasteiger partial charge in [0.1, 0.15) is 17.3 Å². The molecule has 4 rings (SSSR count). The summed E-state index contributed by atoms with van der Waals surface area (Å²) in [6.45, 7) is 6.44. The van der Waals surface area contributed by atoms with E-state index in [-0.39, 0.29) is 28.9 Å². The molecule has 0 radical (unpaired) electrons. The molecule has 1 saturated heterocycles. The molecule has 1 amide bonds. The average molecular weight is 466 g/mol. The summed E-state index contributed by atoms with van der Waals surface area (Å²) in [5.41, 5.74) is 1.47. The Balaban J connectivity index is 1.89. The normalized spacial score (nSPS) is 20.9. The van der Waals surface area contributed by atoms with Gasteiger partial charge in [0, 0.05) is 17.2 Å². The van der Waals surface area contributed by atoms with Gasteiger partial charge in [-0.1, -0.05) is 51.3 Å². The largest absolute Gasteiger partial charge is 0.507 e. The molecule has 0 bridgehead atoms. The van der Waals surface area contributed by atoms with Gasteiger partial charge < -0.3 is 14.7 Å². The first-order valence-electron chi connectivity index (χ1n) is 12.2. The number of aliphatic hydroxyl groups is 1. The number of Topliss-reactive ketones (excluding diaryl/α,β-unsaturated/α-hetero) is 1. The molecule has 1 heterocycles. The van der Waals surface area contributed by atoms with Crippen LogP contribution in [0.3, 0.4) is 0 Å². The molecule has 1 aliphatic heterocycles. The van der Waals surface area contributed by atoms with Gasteiger partial charge in [-0.15, -0.1) is 0 Å². The second-order valence-corrected chi connectivity index (χ2v) is 9.36. The first-order chi connectivity index (χ1) is 16.3. The van der Waals surface area contributed by atoms with Crippen molar-refractivity contribution < 1.29 is 23.8 Å². The van der Waals surface area contributed by atoms with Crippen LogP contribution in [0.25, 0.3) is 5.76 Å². The molecule has 34 heavy (non-hydrogen) atoms. The van der Waals surface area contributed by atoms with Crippen LogP contribution in [0, 0.1) is 5.82 Å². The molecule has 6 heteroatoms. The van der Waals surface area contributed by atoms with Crippen molar-refractivity contribution in [1.29, 1.82) is 0 Å². The lowest BCUT2D eigenvalue weighted by molar-refractivity contribution is -0.141. The minimum Gasteiger partial charge on any atom is -0.507 e. The summed E-state index contributed by atoms with van der Waals surface area (Å²) in [5, 5.41) is 11.4. The number of nitrogens with zero attached hydrogens (tertiary/aromatic N) is 1. The fraction of sp³-hybridized carbons (Fsp3) is 0.429. The topological polar surface area (TPSA) is 66.8 Å². The smallest absolute Gasteiger partial charge is 0.295 e. The Morgan fingerprint density at radius 2 is 1.82 bits per heavy atom. The third kappa shape index (κ3) is 4.33. The second-order valence-electron chi connectivity index (χ2n) is 9.36. The Morgan fingerprint density at radius 3 is 2.47 bits per heavy atom. The molecule has 2 aromatic carbocycles. The lowest BCUT2D eigenvalue weighted by atomic mass is 9.90. The molecule has 2 fully saturated rings. The fourth-order valence-electron chi connectivity index (χ4n) is 5.18. The van der Waals surface area contributed by atoms with Crippen molar-refractivity contribution in [2.75, 3.05) is 6.61 Å². The summed E-state index contributed by atoms with van der Waals surface area (Å²) >= 11 is 0. The number of hydrogen-bond acceptors (Lipinski definition) is 4. The number of carbonyl (C=O) groups excluding carboxylic acids is 2. The van der Waals surface area contributed by atoms with Crippen LogP contribution in [-0.2, 0) is 9.59 Å². The zero-order valence-corrected chi connectivity index (χ0v) is 20.0. The first kappa shape index (κ1) is 24.0. The molecule has 2 aromatic rings. The van der Waals surface area contributed by atoms with Crippen LogP contribution < -0.4 is 4.74 Å². The maximum Gasteiger partial charge on any atom is 0.295 e.